The Morgan fingerprint density at radius 1 is 1.42 bits per heavy atom. The molecule has 2 rings (SSSR count). The van der Waals surface area contributed by atoms with E-state index in [4.69, 9.17) is 10.2 Å². The molecule has 1 heterocycles. The molecule has 1 aliphatic carbocycles. The lowest BCUT2D eigenvalue weighted by Crippen LogP contribution is -2.44. The zero-order chi connectivity index (χ0) is 14.0. The molecule has 0 bridgehead atoms. The van der Waals surface area contributed by atoms with E-state index in [-0.39, 0.29) is 31.4 Å². The molecule has 1 saturated carbocycles. The summed E-state index contributed by atoms with van der Waals surface area (Å²) in [6.07, 6.45) is 2.09. The van der Waals surface area contributed by atoms with E-state index in [0.717, 1.165) is 12.8 Å². The minimum absolute atomic E-state index is 0.0308. The summed E-state index contributed by atoms with van der Waals surface area (Å²) in [5.74, 6) is -2.10. The van der Waals surface area contributed by atoms with E-state index < -0.39 is 23.8 Å². The number of nitrogens with one attached hydrogen (secondary N) is 1. The predicted molar refractivity (Wildman–Crippen MR) is 64.1 cm³/mol. The van der Waals surface area contributed by atoms with Gasteiger partial charge in [0.2, 0.25) is 11.8 Å². The number of carbonyl (C=O) groups is 3. The molecule has 3 N–H and O–H groups in total. The van der Waals surface area contributed by atoms with Gasteiger partial charge in [0.15, 0.2) is 0 Å². The minimum Gasteiger partial charge on any atom is -0.480 e. The van der Waals surface area contributed by atoms with Crippen molar-refractivity contribution in [3.8, 4) is 0 Å². The standard InChI is InChI=1S/C12H18N2O5/c15-4-3-9(12(18)19)13-11(17)7-5-10(16)14(6-7)8-1-2-8/h7-9,15H,1-6H2,(H,13,17)(H,18,19)/t7?,9-/m0/s1. The highest BCUT2D eigenvalue weighted by Gasteiger charge is 2.42. The molecule has 106 valence electrons. The highest BCUT2D eigenvalue weighted by Crippen LogP contribution is 2.32. The van der Waals surface area contributed by atoms with Crippen LogP contribution in [0.5, 0.6) is 0 Å². The first-order chi connectivity index (χ1) is 9.02. The van der Waals surface area contributed by atoms with Crippen molar-refractivity contribution in [2.24, 2.45) is 5.92 Å². The van der Waals surface area contributed by atoms with Crippen molar-refractivity contribution >= 4 is 17.8 Å². The van der Waals surface area contributed by atoms with Crippen LogP contribution in [0.4, 0.5) is 0 Å². The van der Waals surface area contributed by atoms with E-state index in [1.807, 2.05) is 0 Å². The molecule has 7 heteroatoms. The maximum Gasteiger partial charge on any atom is 0.326 e. The average molecular weight is 270 g/mol. The molecule has 1 unspecified atom stereocenters. The molecule has 7 nitrogen and oxygen atoms in total. The molecule has 1 aliphatic heterocycles. The summed E-state index contributed by atoms with van der Waals surface area (Å²) in [5.41, 5.74) is 0. The first kappa shape index (κ1) is 13.8. The van der Waals surface area contributed by atoms with E-state index >= 15 is 0 Å². The van der Waals surface area contributed by atoms with Crippen LogP contribution in [0.15, 0.2) is 0 Å². The number of aliphatic carboxylic acids is 1. The number of hydrogen-bond donors (Lipinski definition) is 3. The smallest absolute Gasteiger partial charge is 0.326 e. The van der Waals surface area contributed by atoms with Crippen molar-refractivity contribution in [1.29, 1.82) is 0 Å². The summed E-state index contributed by atoms with van der Waals surface area (Å²) >= 11 is 0. The van der Waals surface area contributed by atoms with Crippen LogP contribution in [0.1, 0.15) is 25.7 Å². The number of carboxylic acid groups (broad SMARTS) is 1. The molecular weight excluding hydrogens is 252 g/mol. The van der Waals surface area contributed by atoms with Crippen LogP contribution < -0.4 is 5.32 Å². The molecule has 19 heavy (non-hydrogen) atoms. The quantitative estimate of drug-likeness (QED) is 0.571. The van der Waals surface area contributed by atoms with Gasteiger partial charge in [-0.25, -0.2) is 4.79 Å². The fourth-order valence-electron chi connectivity index (χ4n) is 2.32. The third kappa shape index (κ3) is 3.23. The van der Waals surface area contributed by atoms with Crippen molar-refractivity contribution in [3.63, 3.8) is 0 Å². The number of carbonyl (C=O) groups excluding carboxylic acids is 2. The molecule has 2 amide bonds. The van der Waals surface area contributed by atoms with Gasteiger partial charge in [-0.3, -0.25) is 9.59 Å². The normalized spacial score (nSPS) is 24.4. The van der Waals surface area contributed by atoms with Gasteiger partial charge in [-0.15, -0.1) is 0 Å². The maximum absolute atomic E-state index is 11.9. The van der Waals surface area contributed by atoms with Crippen molar-refractivity contribution in [3.05, 3.63) is 0 Å². The Morgan fingerprint density at radius 3 is 2.63 bits per heavy atom. The second-order valence-electron chi connectivity index (χ2n) is 5.09. The predicted octanol–water partition coefficient (Wildman–Crippen LogP) is -1.05. The second kappa shape index (κ2) is 5.56. The van der Waals surface area contributed by atoms with E-state index in [1.54, 1.807) is 4.90 Å². The Hall–Kier alpha value is -1.63. The van der Waals surface area contributed by atoms with Gasteiger partial charge < -0.3 is 20.4 Å². The topological polar surface area (TPSA) is 107 Å². The van der Waals surface area contributed by atoms with E-state index in [2.05, 4.69) is 5.32 Å². The van der Waals surface area contributed by atoms with Crippen LogP contribution in [0, 0.1) is 5.92 Å². The second-order valence-corrected chi connectivity index (χ2v) is 5.09. The minimum atomic E-state index is -1.18. The number of amides is 2. The van der Waals surface area contributed by atoms with Crippen LogP contribution >= 0.6 is 0 Å². The molecule has 0 aromatic carbocycles. The van der Waals surface area contributed by atoms with Gasteiger partial charge in [0, 0.05) is 32.0 Å². The summed E-state index contributed by atoms with van der Waals surface area (Å²) in [6, 6.07) is -0.819. The first-order valence-electron chi connectivity index (χ1n) is 6.46. The fourth-order valence-corrected chi connectivity index (χ4v) is 2.32. The molecule has 1 saturated heterocycles. The number of rotatable bonds is 6. The van der Waals surface area contributed by atoms with Crippen molar-refractivity contribution < 1.29 is 24.6 Å². The summed E-state index contributed by atoms with van der Waals surface area (Å²) in [4.78, 5) is 36.2. The zero-order valence-electron chi connectivity index (χ0n) is 10.5. The van der Waals surface area contributed by atoms with Gasteiger partial charge >= 0.3 is 5.97 Å². The van der Waals surface area contributed by atoms with Crippen LogP contribution in [-0.4, -0.2) is 58.1 Å². The highest BCUT2D eigenvalue weighted by molar-refractivity contribution is 5.91. The fraction of sp³-hybridized carbons (Fsp3) is 0.750. The van der Waals surface area contributed by atoms with Crippen molar-refractivity contribution in [2.75, 3.05) is 13.2 Å². The Morgan fingerprint density at radius 2 is 2.11 bits per heavy atom. The third-order valence-electron chi connectivity index (χ3n) is 3.55. The SMILES string of the molecule is O=C(N[C@@H](CCO)C(=O)O)C1CC(=O)N(C2CC2)C1. The van der Waals surface area contributed by atoms with Crippen LogP contribution in [-0.2, 0) is 14.4 Å². The van der Waals surface area contributed by atoms with Gasteiger partial charge in [-0.2, -0.15) is 0 Å². The van der Waals surface area contributed by atoms with Crippen molar-refractivity contribution in [1.82, 2.24) is 10.2 Å². The molecule has 0 aromatic rings. The van der Waals surface area contributed by atoms with Crippen LogP contribution in [0.25, 0.3) is 0 Å². The molecule has 0 spiro atoms. The third-order valence-corrected chi connectivity index (χ3v) is 3.55. The Kier molecular flexibility index (Phi) is 4.04. The highest BCUT2D eigenvalue weighted by atomic mass is 16.4. The average Bonchev–Trinajstić information content (AvgIpc) is 3.11. The molecule has 2 atom stereocenters. The number of hydrogen-bond acceptors (Lipinski definition) is 4. The number of nitrogens with zero attached hydrogens (tertiary/aromatic N) is 1. The van der Waals surface area contributed by atoms with E-state index in [0.29, 0.717) is 6.54 Å². The van der Waals surface area contributed by atoms with E-state index in [9.17, 15) is 14.4 Å². The van der Waals surface area contributed by atoms with Gasteiger partial charge in [-0.05, 0) is 12.8 Å². The van der Waals surface area contributed by atoms with Gasteiger partial charge in [0.1, 0.15) is 6.04 Å². The summed E-state index contributed by atoms with van der Waals surface area (Å²) in [7, 11) is 0. The van der Waals surface area contributed by atoms with Crippen LogP contribution in [0.2, 0.25) is 0 Å². The van der Waals surface area contributed by atoms with Gasteiger partial charge in [0.05, 0.1) is 5.92 Å². The summed E-state index contributed by atoms with van der Waals surface area (Å²) in [5, 5.41) is 20.0. The maximum atomic E-state index is 11.9. The summed E-state index contributed by atoms with van der Waals surface area (Å²) in [6.45, 7) is 0.0653. The lowest BCUT2D eigenvalue weighted by Gasteiger charge is -2.17. The Bertz CT molecular complexity index is 394. The molecule has 2 fully saturated rings. The lowest BCUT2D eigenvalue weighted by molar-refractivity contribution is -0.142. The monoisotopic (exact) mass is 270 g/mol. The summed E-state index contributed by atoms with van der Waals surface area (Å²) < 4.78 is 0. The molecule has 0 radical (unpaired) electrons. The van der Waals surface area contributed by atoms with Gasteiger partial charge in [-0.1, -0.05) is 0 Å². The Balaban J connectivity index is 1.89. The lowest BCUT2D eigenvalue weighted by atomic mass is 10.1. The molecular formula is C12H18N2O5. The molecule has 0 aromatic heterocycles. The Labute approximate surface area is 110 Å². The van der Waals surface area contributed by atoms with Gasteiger partial charge in [0.25, 0.3) is 0 Å². The number of aliphatic hydroxyl groups is 1. The number of aliphatic hydroxyl groups excluding tert-OH is 1. The van der Waals surface area contributed by atoms with E-state index in [1.165, 1.54) is 0 Å². The molecule has 2 aliphatic rings. The largest absolute Gasteiger partial charge is 0.480 e. The number of carboxylic acids is 1. The zero-order valence-corrected chi connectivity index (χ0v) is 10.5. The van der Waals surface area contributed by atoms with Crippen LogP contribution in [0.3, 0.4) is 0 Å². The number of likely N-dealkylation sites (tertiary alicyclic amines) is 1. The van der Waals surface area contributed by atoms with Crippen molar-refractivity contribution in [2.45, 2.75) is 37.8 Å². The first-order valence-corrected chi connectivity index (χ1v) is 6.46.